The number of hydrogen-bond acceptors (Lipinski definition) is 6. The van der Waals surface area contributed by atoms with Crippen LogP contribution in [-0.4, -0.2) is 58.5 Å². The largest absolute Gasteiger partial charge is 0.337 e. The van der Waals surface area contributed by atoms with Crippen molar-refractivity contribution in [3.63, 3.8) is 0 Å². The number of amides is 1. The van der Waals surface area contributed by atoms with Crippen molar-refractivity contribution in [1.82, 2.24) is 39.5 Å². The molecule has 4 aromatic heterocycles. The minimum Gasteiger partial charge on any atom is -0.337 e. The van der Waals surface area contributed by atoms with Crippen LogP contribution in [0.2, 0.25) is 0 Å². The molecule has 1 saturated heterocycles. The SMILES string of the molecule is Cc1cc(C(=O)N2CCC(c3nnc4ccc(-c5cccnc5)nn34)CC2)nn1C. The summed E-state index contributed by atoms with van der Waals surface area (Å²) in [6.45, 7) is 3.27. The van der Waals surface area contributed by atoms with E-state index in [1.807, 2.05) is 53.7 Å². The summed E-state index contributed by atoms with van der Waals surface area (Å²) >= 11 is 0. The summed E-state index contributed by atoms with van der Waals surface area (Å²) < 4.78 is 3.56. The number of fused-ring (bicyclic) bond motifs is 1. The maximum atomic E-state index is 12.8. The fourth-order valence-electron chi connectivity index (χ4n) is 3.90. The van der Waals surface area contributed by atoms with Crippen LogP contribution in [0.15, 0.2) is 42.7 Å². The van der Waals surface area contributed by atoms with Crippen LogP contribution in [0.1, 0.15) is 40.8 Å². The van der Waals surface area contributed by atoms with Gasteiger partial charge in [0.25, 0.3) is 5.91 Å². The molecule has 1 fully saturated rings. The highest BCUT2D eigenvalue weighted by atomic mass is 16.2. The molecule has 0 spiro atoms. The highest BCUT2D eigenvalue weighted by molar-refractivity contribution is 5.92. The van der Waals surface area contributed by atoms with Crippen molar-refractivity contribution in [2.75, 3.05) is 13.1 Å². The molecule has 0 saturated carbocycles. The zero-order chi connectivity index (χ0) is 20.7. The van der Waals surface area contributed by atoms with Crippen LogP contribution in [0.4, 0.5) is 0 Å². The van der Waals surface area contributed by atoms with Gasteiger partial charge < -0.3 is 4.90 Å². The summed E-state index contributed by atoms with van der Waals surface area (Å²) in [7, 11) is 1.85. The first kappa shape index (κ1) is 18.4. The zero-order valence-corrected chi connectivity index (χ0v) is 16.9. The average Bonchev–Trinajstić information content (AvgIpc) is 3.36. The Morgan fingerprint density at radius 2 is 1.93 bits per heavy atom. The Bertz CT molecular complexity index is 1180. The van der Waals surface area contributed by atoms with E-state index < -0.39 is 0 Å². The maximum Gasteiger partial charge on any atom is 0.274 e. The summed E-state index contributed by atoms with van der Waals surface area (Å²) in [5, 5.41) is 17.8. The first-order valence-corrected chi connectivity index (χ1v) is 10.0. The van der Waals surface area contributed by atoms with Crippen molar-refractivity contribution in [2.45, 2.75) is 25.7 Å². The Morgan fingerprint density at radius 1 is 1.10 bits per heavy atom. The van der Waals surface area contributed by atoms with Gasteiger partial charge in [0.2, 0.25) is 0 Å². The van der Waals surface area contributed by atoms with E-state index in [1.54, 1.807) is 17.1 Å². The summed E-state index contributed by atoms with van der Waals surface area (Å²) in [4.78, 5) is 18.8. The molecule has 152 valence electrons. The van der Waals surface area contributed by atoms with Crippen molar-refractivity contribution in [3.05, 3.63) is 59.9 Å². The van der Waals surface area contributed by atoms with Gasteiger partial charge in [-0.3, -0.25) is 14.5 Å². The number of rotatable bonds is 3. The van der Waals surface area contributed by atoms with Gasteiger partial charge in [-0.2, -0.15) is 14.7 Å². The minimum absolute atomic E-state index is 0.0137. The molecule has 1 aliphatic rings. The average molecular weight is 402 g/mol. The second-order valence-electron chi connectivity index (χ2n) is 7.65. The lowest BCUT2D eigenvalue weighted by Gasteiger charge is -2.30. The van der Waals surface area contributed by atoms with E-state index in [1.165, 1.54) is 0 Å². The maximum absolute atomic E-state index is 12.8. The molecule has 5 heterocycles. The number of carbonyl (C=O) groups is 1. The summed E-state index contributed by atoms with van der Waals surface area (Å²) in [5.41, 5.74) is 3.97. The van der Waals surface area contributed by atoms with Gasteiger partial charge in [0.15, 0.2) is 17.2 Å². The van der Waals surface area contributed by atoms with Crippen molar-refractivity contribution < 1.29 is 4.79 Å². The highest BCUT2D eigenvalue weighted by Crippen LogP contribution is 2.28. The Kier molecular flexibility index (Phi) is 4.50. The van der Waals surface area contributed by atoms with Gasteiger partial charge in [-0.15, -0.1) is 10.2 Å². The third-order valence-corrected chi connectivity index (χ3v) is 5.72. The predicted octanol–water partition coefficient (Wildman–Crippen LogP) is 2.25. The van der Waals surface area contributed by atoms with Crippen LogP contribution in [-0.2, 0) is 7.05 Å². The predicted molar refractivity (Wildman–Crippen MR) is 110 cm³/mol. The third kappa shape index (κ3) is 3.22. The van der Waals surface area contributed by atoms with Gasteiger partial charge in [0.1, 0.15) is 0 Å². The monoisotopic (exact) mass is 402 g/mol. The van der Waals surface area contributed by atoms with E-state index in [9.17, 15) is 4.79 Å². The molecule has 1 aliphatic heterocycles. The number of carbonyl (C=O) groups excluding carboxylic acids is 1. The molecule has 0 radical (unpaired) electrons. The lowest BCUT2D eigenvalue weighted by Crippen LogP contribution is -2.38. The van der Waals surface area contributed by atoms with E-state index in [-0.39, 0.29) is 11.8 Å². The van der Waals surface area contributed by atoms with Gasteiger partial charge in [0.05, 0.1) is 5.69 Å². The van der Waals surface area contributed by atoms with E-state index in [4.69, 9.17) is 5.10 Å². The van der Waals surface area contributed by atoms with Gasteiger partial charge >= 0.3 is 0 Å². The molecule has 0 N–H and O–H groups in total. The Morgan fingerprint density at radius 3 is 2.63 bits per heavy atom. The van der Waals surface area contributed by atoms with Gasteiger partial charge in [-0.05, 0) is 50.1 Å². The molecule has 0 aliphatic carbocycles. The van der Waals surface area contributed by atoms with Gasteiger partial charge in [-0.25, -0.2) is 0 Å². The molecule has 9 heteroatoms. The number of aromatic nitrogens is 7. The Balaban J connectivity index is 1.35. The smallest absolute Gasteiger partial charge is 0.274 e. The third-order valence-electron chi connectivity index (χ3n) is 5.72. The lowest BCUT2D eigenvalue weighted by molar-refractivity contribution is 0.0704. The second-order valence-corrected chi connectivity index (χ2v) is 7.65. The molecule has 0 bridgehead atoms. The molecule has 5 rings (SSSR count). The Labute approximate surface area is 173 Å². The normalized spacial score (nSPS) is 15.1. The summed E-state index contributed by atoms with van der Waals surface area (Å²) in [5.74, 6) is 1.03. The molecule has 0 atom stereocenters. The molecule has 0 aromatic carbocycles. The minimum atomic E-state index is -0.0137. The van der Waals surface area contributed by atoms with Gasteiger partial charge in [0, 0.05) is 49.7 Å². The first-order valence-electron chi connectivity index (χ1n) is 10.0. The molecule has 30 heavy (non-hydrogen) atoms. The second kappa shape index (κ2) is 7.33. The quantitative estimate of drug-likeness (QED) is 0.522. The van der Waals surface area contributed by atoms with Crippen LogP contribution in [0.5, 0.6) is 0 Å². The van der Waals surface area contributed by atoms with Crippen molar-refractivity contribution in [2.24, 2.45) is 7.05 Å². The van der Waals surface area contributed by atoms with Crippen LogP contribution in [0.25, 0.3) is 16.9 Å². The molecule has 0 unspecified atom stereocenters. The molecule has 4 aromatic rings. The number of nitrogens with zero attached hydrogens (tertiary/aromatic N) is 8. The Hall–Kier alpha value is -3.62. The van der Waals surface area contributed by atoms with Crippen LogP contribution >= 0.6 is 0 Å². The van der Waals surface area contributed by atoms with Crippen molar-refractivity contribution in [1.29, 1.82) is 0 Å². The van der Waals surface area contributed by atoms with E-state index in [0.717, 1.165) is 41.3 Å². The topological polar surface area (TPSA) is 94.1 Å². The first-order chi connectivity index (χ1) is 14.6. The summed E-state index contributed by atoms with van der Waals surface area (Å²) in [6, 6.07) is 9.57. The number of likely N-dealkylation sites (tertiary alicyclic amines) is 1. The fourth-order valence-corrected chi connectivity index (χ4v) is 3.90. The van der Waals surface area contributed by atoms with E-state index in [0.29, 0.717) is 18.8 Å². The molecule has 9 nitrogen and oxygen atoms in total. The number of pyridine rings is 1. The molecular formula is C21H22N8O. The van der Waals surface area contributed by atoms with E-state index in [2.05, 4.69) is 20.3 Å². The number of hydrogen-bond donors (Lipinski definition) is 0. The lowest BCUT2D eigenvalue weighted by atomic mass is 9.96. The van der Waals surface area contributed by atoms with Crippen molar-refractivity contribution >= 4 is 11.6 Å². The molecule has 1 amide bonds. The van der Waals surface area contributed by atoms with Crippen LogP contribution in [0.3, 0.4) is 0 Å². The van der Waals surface area contributed by atoms with Crippen LogP contribution < -0.4 is 0 Å². The fraction of sp³-hybridized carbons (Fsp3) is 0.333. The highest BCUT2D eigenvalue weighted by Gasteiger charge is 2.29. The number of aryl methyl sites for hydroxylation is 2. The van der Waals surface area contributed by atoms with Crippen LogP contribution in [0, 0.1) is 6.92 Å². The zero-order valence-electron chi connectivity index (χ0n) is 16.9. The van der Waals surface area contributed by atoms with Gasteiger partial charge in [-0.1, -0.05) is 0 Å². The molecular weight excluding hydrogens is 380 g/mol. The number of piperidine rings is 1. The van der Waals surface area contributed by atoms with Crippen molar-refractivity contribution in [3.8, 4) is 11.3 Å². The summed E-state index contributed by atoms with van der Waals surface area (Å²) in [6.07, 6.45) is 5.17. The standard InChI is InChI=1S/C21H22N8O/c1-14-12-18(25-27(14)2)21(30)28-10-7-15(8-11-28)20-24-23-19-6-5-17(26-29(19)20)16-4-3-9-22-13-16/h3-6,9,12-13,15H,7-8,10-11H2,1-2H3. The van der Waals surface area contributed by atoms with E-state index >= 15 is 0 Å².